The first-order valence-electron chi connectivity index (χ1n) is 3.55. The van der Waals surface area contributed by atoms with Crippen LogP contribution in [0.2, 0.25) is 0 Å². The molecule has 0 saturated heterocycles. The maximum absolute atomic E-state index is 11.5. The molecule has 0 aliphatic rings. The molecule has 0 amide bonds. The second kappa shape index (κ2) is 5.43. The van der Waals surface area contributed by atoms with E-state index < -0.39 is 13.4 Å². The van der Waals surface area contributed by atoms with E-state index in [1.165, 1.54) is 0 Å². The van der Waals surface area contributed by atoms with Gasteiger partial charge in [0.15, 0.2) is 0 Å². The number of rotatable bonds is 6. The maximum atomic E-state index is 11.5. The van der Waals surface area contributed by atoms with E-state index in [0.717, 1.165) is 0 Å². The van der Waals surface area contributed by atoms with Crippen LogP contribution in [0.1, 0.15) is 6.92 Å². The van der Waals surface area contributed by atoms with Gasteiger partial charge in [0.2, 0.25) is 0 Å². The molecule has 0 aromatic carbocycles. The molecule has 2 nitrogen and oxygen atoms in total. The molecule has 6 heteroatoms. The summed E-state index contributed by atoms with van der Waals surface area (Å²) in [4.78, 5) is 0. The van der Waals surface area contributed by atoms with Crippen molar-refractivity contribution in [3.63, 3.8) is 0 Å². The molecule has 0 rings (SSSR count). The standard InChI is InChI=1S/C5H12BF3NO/c1-2-11-4-3-10-5-6(7,8)9/h10H,2-5H2,1H3/q-1. The van der Waals surface area contributed by atoms with Gasteiger partial charge in [-0.2, -0.15) is 0 Å². The lowest BCUT2D eigenvalue weighted by molar-refractivity contribution is 0.150. The van der Waals surface area contributed by atoms with Crippen molar-refractivity contribution in [2.24, 2.45) is 0 Å². The van der Waals surface area contributed by atoms with Crippen LogP contribution in [0.25, 0.3) is 0 Å². The van der Waals surface area contributed by atoms with E-state index >= 15 is 0 Å². The van der Waals surface area contributed by atoms with Gasteiger partial charge in [0, 0.05) is 13.2 Å². The fourth-order valence-corrected chi connectivity index (χ4v) is 0.554. The van der Waals surface area contributed by atoms with Crippen molar-refractivity contribution in [3.8, 4) is 0 Å². The second-order valence-corrected chi connectivity index (χ2v) is 2.11. The molecule has 1 N–H and O–H groups in total. The van der Waals surface area contributed by atoms with Gasteiger partial charge in [-0.05, 0) is 13.4 Å². The lowest BCUT2D eigenvalue weighted by Crippen LogP contribution is -2.35. The van der Waals surface area contributed by atoms with Crippen molar-refractivity contribution in [2.75, 3.05) is 26.2 Å². The SMILES string of the molecule is CCOCCNC[B-](F)(F)F. The Morgan fingerprint density at radius 1 is 1.36 bits per heavy atom. The van der Waals surface area contributed by atoms with Gasteiger partial charge >= 0.3 is 6.98 Å². The first-order valence-corrected chi connectivity index (χ1v) is 3.55. The second-order valence-electron chi connectivity index (χ2n) is 2.11. The van der Waals surface area contributed by atoms with E-state index in [-0.39, 0.29) is 6.54 Å². The van der Waals surface area contributed by atoms with Crippen LogP contribution in [0.4, 0.5) is 12.9 Å². The summed E-state index contributed by atoms with van der Waals surface area (Å²) in [5, 5.41) is 2.24. The molecular formula is C5H12BF3NO-. The minimum absolute atomic E-state index is 0.259. The zero-order valence-electron chi connectivity index (χ0n) is 6.45. The zero-order chi connectivity index (χ0) is 8.74. The van der Waals surface area contributed by atoms with Crippen LogP contribution in [-0.4, -0.2) is 33.2 Å². The van der Waals surface area contributed by atoms with E-state index in [1.807, 2.05) is 0 Å². The third-order valence-electron chi connectivity index (χ3n) is 1.00. The highest BCUT2D eigenvalue weighted by molar-refractivity contribution is 6.58. The Morgan fingerprint density at radius 2 is 2.00 bits per heavy atom. The topological polar surface area (TPSA) is 21.3 Å². The third kappa shape index (κ3) is 9.77. The largest absolute Gasteiger partial charge is 0.491 e. The molecule has 0 heterocycles. The highest BCUT2D eigenvalue weighted by Crippen LogP contribution is 2.04. The molecule has 68 valence electrons. The Labute approximate surface area is 64.2 Å². The quantitative estimate of drug-likeness (QED) is 0.474. The Hall–Kier alpha value is -0.225. The smallest absolute Gasteiger partial charge is 0.448 e. The first-order chi connectivity index (χ1) is 5.06. The molecule has 0 saturated carbocycles. The van der Waals surface area contributed by atoms with E-state index in [0.29, 0.717) is 13.2 Å². The van der Waals surface area contributed by atoms with Gasteiger partial charge in [-0.15, -0.1) is 0 Å². The van der Waals surface area contributed by atoms with Crippen molar-refractivity contribution >= 4 is 6.98 Å². The summed E-state index contributed by atoms with van der Waals surface area (Å²) in [6, 6.07) is 0. The minimum atomic E-state index is -4.69. The molecule has 11 heavy (non-hydrogen) atoms. The summed E-state index contributed by atoms with van der Waals surface area (Å²) in [7, 11) is 0. The molecular weight excluding hydrogens is 158 g/mol. The van der Waals surface area contributed by atoms with Crippen molar-refractivity contribution in [2.45, 2.75) is 6.92 Å². The summed E-state index contributed by atoms with van der Waals surface area (Å²) < 4.78 is 39.4. The van der Waals surface area contributed by atoms with Crippen LogP contribution in [0.3, 0.4) is 0 Å². The molecule has 0 atom stereocenters. The van der Waals surface area contributed by atoms with Crippen molar-refractivity contribution < 1.29 is 17.7 Å². The molecule has 0 aliphatic heterocycles. The monoisotopic (exact) mass is 170 g/mol. The van der Waals surface area contributed by atoms with Gasteiger partial charge in [0.1, 0.15) is 0 Å². The molecule has 0 bridgehead atoms. The average Bonchev–Trinajstić information content (AvgIpc) is 1.85. The normalized spacial score (nSPS) is 12.0. The minimum Gasteiger partial charge on any atom is -0.448 e. The fraction of sp³-hybridized carbons (Fsp3) is 1.00. The van der Waals surface area contributed by atoms with Crippen molar-refractivity contribution in [1.82, 2.24) is 5.32 Å². The highest BCUT2D eigenvalue weighted by atomic mass is 19.4. The molecule has 0 radical (unpaired) electrons. The van der Waals surface area contributed by atoms with E-state index in [4.69, 9.17) is 4.74 Å². The van der Waals surface area contributed by atoms with Gasteiger partial charge in [0.05, 0.1) is 6.61 Å². The molecule has 0 spiro atoms. The van der Waals surface area contributed by atoms with Gasteiger partial charge < -0.3 is 23.0 Å². The van der Waals surface area contributed by atoms with E-state index in [1.54, 1.807) is 6.92 Å². The number of nitrogens with one attached hydrogen (secondary N) is 1. The number of hydrogen-bond acceptors (Lipinski definition) is 2. The van der Waals surface area contributed by atoms with Crippen LogP contribution in [-0.2, 0) is 4.74 Å². The highest BCUT2D eigenvalue weighted by Gasteiger charge is 2.21. The summed E-state index contributed by atoms with van der Waals surface area (Å²) in [6.07, 6.45) is -0.882. The van der Waals surface area contributed by atoms with Gasteiger partial charge in [0.25, 0.3) is 0 Å². The lowest BCUT2D eigenvalue weighted by Gasteiger charge is -2.13. The Morgan fingerprint density at radius 3 is 2.45 bits per heavy atom. The summed E-state index contributed by atoms with van der Waals surface area (Å²) >= 11 is 0. The van der Waals surface area contributed by atoms with Crippen LogP contribution >= 0.6 is 0 Å². The number of ether oxygens (including phenoxy) is 1. The Balaban J connectivity index is 3.02. The maximum Gasteiger partial charge on any atom is 0.491 e. The lowest BCUT2D eigenvalue weighted by atomic mass is 9.93. The predicted octanol–water partition coefficient (Wildman–Crippen LogP) is 0.999. The third-order valence-corrected chi connectivity index (χ3v) is 1.00. The van der Waals surface area contributed by atoms with Crippen LogP contribution in [0.5, 0.6) is 0 Å². The summed E-state index contributed by atoms with van der Waals surface area (Å²) in [5.74, 6) is 0. The molecule has 0 unspecified atom stereocenters. The Bertz CT molecular complexity index is 98.2. The number of hydrogen-bond donors (Lipinski definition) is 1. The van der Waals surface area contributed by atoms with Gasteiger partial charge in [-0.25, -0.2) is 0 Å². The zero-order valence-corrected chi connectivity index (χ0v) is 6.45. The summed E-state index contributed by atoms with van der Waals surface area (Å²) in [6.45, 7) is -1.75. The predicted molar refractivity (Wildman–Crippen MR) is 38.4 cm³/mol. The fourth-order valence-electron chi connectivity index (χ4n) is 0.554. The Kier molecular flexibility index (Phi) is 5.32. The van der Waals surface area contributed by atoms with Crippen molar-refractivity contribution in [1.29, 1.82) is 0 Å². The van der Waals surface area contributed by atoms with Gasteiger partial charge in [-0.3, -0.25) is 0 Å². The van der Waals surface area contributed by atoms with Gasteiger partial charge in [-0.1, -0.05) is 0 Å². The molecule has 0 aromatic rings. The first kappa shape index (κ1) is 10.8. The molecule has 0 fully saturated rings. The van der Waals surface area contributed by atoms with Crippen LogP contribution in [0.15, 0.2) is 0 Å². The van der Waals surface area contributed by atoms with E-state index in [2.05, 4.69) is 5.32 Å². The summed E-state index contributed by atoms with van der Waals surface area (Å²) in [5.41, 5.74) is 0. The molecule has 0 aromatic heterocycles. The van der Waals surface area contributed by atoms with Crippen LogP contribution < -0.4 is 5.32 Å². The number of halogens is 3. The van der Waals surface area contributed by atoms with Crippen LogP contribution in [0, 0.1) is 0 Å². The van der Waals surface area contributed by atoms with Crippen molar-refractivity contribution in [3.05, 3.63) is 0 Å². The van der Waals surface area contributed by atoms with E-state index in [9.17, 15) is 12.9 Å². The molecule has 0 aliphatic carbocycles. The average molecular weight is 170 g/mol.